The highest BCUT2D eigenvalue weighted by Gasteiger charge is 2.23. The zero-order chi connectivity index (χ0) is 9.10. The molecule has 1 amide bonds. The van der Waals surface area contributed by atoms with E-state index in [1.165, 1.54) is 32.1 Å². The van der Waals surface area contributed by atoms with Gasteiger partial charge in [-0.3, -0.25) is 10.1 Å². The first-order valence-corrected chi connectivity index (χ1v) is 5.35. The molecule has 1 saturated carbocycles. The monoisotopic (exact) mass is 182 g/mol. The first kappa shape index (κ1) is 9.00. The molecule has 0 spiro atoms. The number of rotatable bonds is 2. The summed E-state index contributed by atoms with van der Waals surface area (Å²) in [7, 11) is 0. The van der Waals surface area contributed by atoms with Gasteiger partial charge in [-0.1, -0.05) is 19.3 Å². The molecular formula is C10H18N2O. The Morgan fingerprint density at radius 3 is 2.69 bits per heavy atom. The highest BCUT2D eigenvalue weighted by molar-refractivity contribution is 5.79. The Bertz CT molecular complexity index is 187. The summed E-state index contributed by atoms with van der Waals surface area (Å²) in [5.41, 5.74) is 0. The molecule has 3 heteroatoms. The molecule has 2 aliphatic rings. The molecule has 0 aromatic heterocycles. The van der Waals surface area contributed by atoms with Crippen molar-refractivity contribution in [3.8, 4) is 0 Å². The van der Waals surface area contributed by atoms with Crippen molar-refractivity contribution in [2.45, 2.75) is 32.1 Å². The average molecular weight is 182 g/mol. The molecule has 3 nitrogen and oxygen atoms in total. The van der Waals surface area contributed by atoms with Crippen LogP contribution in [0.3, 0.4) is 0 Å². The van der Waals surface area contributed by atoms with Crippen LogP contribution in [0.1, 0.15) is 32.1 Å². The molecule has 1 N–H and O–H groups in total. The van der Waals surface area contributed by atoms with E-state index in [0.29, 0.717) is 6.54 Å². The maximum absolute atomic E-state index is 11.3. The summed E-state index contributed by atoms with van der Waals surface area (Å²) in [5, 5.41) is 3.09. The summed E-state index contributed by atoms with van der Waals surface area (Å²) in [6.07, 6.45) is 6.76. The molecule has 1 heterocycles. The van der Waals surface area contributed by atoms with Crippen LogP contribution >= 0.6 is 0 Å². The van der Waals surface area contributed by atoms with Crippen molar-refractivity contribution in [3.63, 3.8) is 0 Å². The Morgan fingerprint density at radius 1 is 1.31 bits per heavy atom. The Balaban J connectivity index is 1.79. The van der Waals surface area contributed by atoms with Crippen LogP contribution in [0.25, 0.3) is 0 Å². The number of hydrogen-bond donors (Lipinski definition) is 1. The van der Waals surface area contributed by atoms with E-state index >= 15 is 0 Å². The number of carbonyl (C=O) groups is 1. The van der Waals surface area contributed by atoms with Gasteiger partial charge in [-0.2, -0.15) is 0 Å². The second-order valence-corrected chi connectivity index (χ2v) is 4.21. The number of nitrogens with zero attached hydrogens (tertiary/aromatic N) is 1. The second kappa shape index (κ2) is 4.09. The lowest BCUT2D eigenvalue weighted by atomic mass is 9.89. The minimum Gasteiger partial charge on any atom is -0.329 e. The van der Waals surface area contributed by atoms with Gasteiger partial charge in [0.2, 0.25) is 5.91 Å². The average Bonchev–Trinajstić information content (AvgIpc) is 2.54. The molecule has 0 aromatic rings. The molecule has 2 fully saturated rings. The first-order chi connectivity index (χ1) is 6.36. The summed E-state index contributed by atoms with van der Waals surface area (Å²) >= 11 is 0. The van der Waals surface area contributed by atoms with Crippen LogP contribution in [0.5, 0.6) is 0 Å². The van der Waals surface area contributed by atoms with Gasteiger partial charge in [0.15, 0.2) is 0 Å². The fraction of sp³-hybridized carbons (Fsp3) is 0.900. The predicted molar refractivity (Wildman–Crippen MR) is 51.2 cm³/mol. The SMILES string of the molecule is O=C1CNCN1CC1CCCCC1. The van der Waals surface area contributed by atoms with Gasteiger partial charge in [0.1, 0.15) is 0 Å². The smallest absolute Gasteiger partial charge is 0.237 e. The lowest BCUT2D eigenvalue weighted by Gasteiger charge is -2.26. The molecule has 0 radical (unpaired) electrons. The summed E-state index contributed by atoms with van der Waals surface area (Å²) in [4.78, 5) is 13.3. The van der Waals surface area contributed by atoms with Crippen molar-refractivity contribution >= 4 is 5.91 Å². The van der Waals surface area contributed by atoms with Crippen molar-refractivity contribution < 1.29 is 4.79 Å². The van der Waals surface area contributed by atoms with Gasteiger partial charge in [-0.05, 0) is 18.8 Å². The lowest BCUT2D eigenvalue weighted by molar-refractivity contribution is -0.127. The van der Waals surface area contributed by atoms with Crippen LogP contribution in [0, 0.1) is 5.92 Å². The first-order valence-electron chi connectivity index (χ1n) is 5.35. The van der Waals surface area contributed by atoms with Crippen LogP contribution in [0.15, 0.2) is 0 Å². The molecule has 2 rings (SSSR count). The van der Waals surface area contributed by atoms with Crippen LogP contribution < -0.4 is 5.32 Å². The highest BCUT2D eigenvalue weighted by Crippen LogP contribution is 2.24. The zero-order valence-electron chi connectivity index (χ0n) is 8.09. The molecule has 1 aliphatic heterocycles. The topological polar surface area (TPSA) is 32.3 Å². The van der Waals surface area contributed by atoms with Crippen LogP contribution in [0.4, 0.5) is 0 Å². The summed E-state index contributed by atoms with van der Waals surface area (Å²) in [6, 6.07) is 0. The van der Waals surface area contributed by atoms with E-state index in [-0.39, 0.29) is 5.91 Å². The normalized spacial score (nSPS) is 25.5. The summed E-state index contributed by atoms with van der Waals surface area (Å²) in [6.45, 7) is 2.31. The third kappa shape index (κ3) is 2.21. The van der Waals surface area contributed by atoms with E-state index in [2.05, 4.69) is 5.32 Å². The maximum Gasteiger partial charge on any atom is 0.237 e. The highest BCUT2D eigenvalue weighted by atomic mass is 16.2. The Labute approximate surface area is 79.5 Å². The van der Waals surface area contributed by atoms with E-state index in [0.717, 1.165) is 19.1 Å². The molecular weight excluding hydrogens is 164 g/mol. The van der Waals surface area contributed by atoms with E-state index in [4.69, 9.17) is 0 Å². The summed E-state index contributed by atoms with van der Waals surface area (Å²) < 4.78 is 0. The quantitative estimate of drug-likeness (QED) is 0.689. The minimum absolute atomic E-state index is 0.283. The predicted octanol–water partition coefficient (Wildman–Crippen LogP) is 0.956. The van der Waals surface area contributed by atoms with E-state index in [1.807, 2.05) is 4.90 Å². The van der Waals surface area contributed by atoms with Crippen LogP contribution in [-0.4, -0.2) is 30.6 Å². The molecule has 0 atom stereocenters. The van der Waals surface area contributed by atoms with E-state index < -0.39 is 0 Å². The van der Waals surface area contributed by atoms with Gasteiger partial charge in [-0.15, -0.1) is 0 Å². The second-order valence-electron chi connectivity index (χ2n) is 4.21. The van der Waals surface area contributed by atoms with E-state index in [1.54, 1.807) is 0 Å². The van der Waals surface area contributed by atoms with Crippen molar-refractivity contribution in [3.05, 3.63) is 0 Å². The van der Waals surface area contributed by atoms with Gasteiger partial charge < -0.3 is 4.90 Å². The lowest BCUT2D eigenvalue weighted by Crippen LogP contribution is -2.32. The van der Waals surface area contributed by atoms with Crippen molar-refractivity contribution in [2.24, 2.45) is 5.92 Å². The van der Waals surface area contributed by atoms with E-state index in [9.17, 15) is 4.79 Å². The molecule has 0 bridgehead atoms. The van der Waals surface area contributed by atoms with Gasteiger partial charge in [-0.25, -0.2) is 0 Å². The minimum atomic E-state index is 0.283. The van der Waals surface area contributed by atoms with Gasteiger partial charge in [0.25, 0.3) is 0 Å². The standard InChI is InChI=1S/C10H18N2O/c13-10-6-11-8-12(10)7-9-4-2-1-3-5-9/h9,11H,1-8H2. The Hall–Kier alpha value is -0.570. The van der Waals surface area contributed by atoms with Gasteiger partial charge in [0, 0.05) is 6.54 Å². The third-order valence-corrected chi connectivity index (χ3v) is 3.13. The van der Waals surface area contributed by atoms with Gasteiger partial charge >= 0.3 is 0 Å². The largest absolute Gasteiger partial charge is 0.329 e. The third-order valence-electron chi connectivity index (χ3n) is 3.13. The maximum atomic E-state index is 11.3. The fourth-order valence-corrected chi connectivity index (χ4v) is 2.35. The molecule has 74 valence electrons. The molecule has 0 aromatic carbocycles. The van der Waals surface area contributed by atoms with Crippen LogP contribution in [-0.2, 0) is 4.79 Å². The van der Waals surface area contributed by atoms with Crippen molar-refractivity contribution in [2.75, 3.05) is 19.8 Å². The molecule has 1 saturated heterocycles. The Morgan fingerprint density at radius 2 is 2.08 bits per heavy atom. The summed E-state index contributed by atoms with van der Waals surface area (Å²) in [5.74, 6) is 1.06. The Kier molecular flexibility index (Phi) is 2.83. The number of carbonyl (C=O) groups excluding carboxylic acids is 1. The molecule has 13 heavy (non-hydrogen) atoms. The molecule has 0 unspecified atom stereocenters. The van der Waals surface area contributed by atoms with Crippen molar-refractivity contribution in [1.29, 1.82) is 0 Å². The fourth-order valence-electron chi connectivity index (χ4n) is 2.35. The molecule has 1 aliphatic carbocycles. The zero-order valence-corrected chi connectivity index (χ0v) is 8.09. The number of hydrogen-bond acceptors (Lipinski definition) is 2. The number of amides is 1. The number of nitrogens with one attached hydrogen (secondary N) is 1. The van der Waals surface area contributed by atoms with Gasteiger partial charge in [0.05, 0.1) is 13.2 Å². The van der Waals surface area contributed by atoms with Crippen LogP contribution in [0.2, 0.25) is 0 Å². The van der Waals surface area contributed by atoms with Crippen molar-refractivity contribution in [1.82, 2.24) is 10.2 Å².